The molecule has 26 heavy (non-hydrogen) atoms. The molecule has 1 amide bonds. The first-order valence-electron chi connectivity index (χ1n) is 8.67. The van der Waals surface area contributed by atoms with Crippen molar-refractivity contribution in [1.82, 2.24) is 14.9 Å². The van der Waals surface area contributed by atoms with Gasteiger partial charge in [-0.15, -0.1) is 0 Å². The van der Waals surface area contributed by atoms with E-state index in [0.29, 0.717) is 18.8 Å². The number of nitrogen functional groups attached to an aromatic ring is 1. The maximum absolute atomic E-state index is 13.1. The smallest absolute Gasteiger partial charge is 0.266 e. The molecule has 1 aliphatic heterocycles. The van der Waals surface area contributed by atoms with E-state index in [-0.39, 0.29) is 23.6 Å². The summed E-state index contributed by atoms with van der Waals surface area (Å²) >= 11 is 0. The number of ether oxygens (including phenoxy) is 1. The van der Waals surface area contributed by atoms with E-state index in [1.54, 1.807) is 24.9 Å². The Bertz CT molecular complexity index is 779. The number of nitrogens with zero attached hydrogens (tertiary/aromatic N) is 3. The first kappa shape index (κ1) is 18.1. The Morgan fingerprint density at radius 1 is 1.31 bits per heavy atom. The average Bonchev–Trinajstić information content (AvgIpc) is 2.63. The Morgan fingerprint density at radius 2 is 2.04 bits per heavy atom. The van der Waals surface area contributed by atoms with Crippen molar-refractivity contribution in [2.75, 3.05) is 18.8 Å². The first-order chi connectivity index (χ1) is 12.3. The standard InChI is InChI=1S/C19H23FN4O2/c1-19(2,26-15-7-5-14(20)6-8-15)17(25)24-11-3-4-13(12-24)16-9-10-22-18(21)23-16/h5-10,13H,3-4,11-12H2,1-2H3,(H2,21,22,23)/t13-/m1/s1. The predicted octanol–water partition coefficient (Wildman–Crippen LogP) is 2.76. The number of carbonyl (C=O) groups excluding carboxylic acids is 1. The molecule has 1 aliphatic rings. The molecule has 6 nitrogen and oxygen atoms in total. The maximum atomic E-state index is 13.1. The summed E-state index contributed by atoms with van der Waals surface area (Å²) in [7, 11) is 0. The van der Waals surface area contributed by atoms with Crippen LogP contribution in [0.25, 0.3) is 0 Å². The third-order valence-electron chi connectivity index (χ3n) is 4.52. The van der Waals surface area contributed by atoms with Crippen LogP contribution in [0.4, 0.5) is 10.3 Å². The van der Waals surface area contributed by atoms with E-state index in [0.717, 1.165) is 18.5 Å². The third kappa shape index (κ3) is 4.09. The lowest BCUT2D eigenvalue weighted by Crippen LogP contribution is -2.51. The highest BCUT2D eigenvalue weighted by Crippen LogP contribution is 2.28. The number of piperidine rings is 1. The second kappa shape index (κ2) is 7.27. The van der Waals surface area contributed by atoms with Crippen molar-refractivity contribution in [2.24, 2.45) is 0 Å². The molecule has 7 heteroatoms. The van der Waals surface area contributed by atoms with E-state index >= 15 is 0 Å². The number of benzene rings is 1. The molecule has 2 N–H and O–H groups in total. The van der Waals surface area contributed by atoms with Crippen LogP contribution >= 0.6 is 0 Å². The molecule has 0 unspecified atom stereocenters. The van der Waals surface area contributed by atoms with Crippen LogP contribution in [0.1, 0.15) is 38.3 Å². The molecule has 1 atom stereocenters. The van der Waals surface area contributed by atoms with Crippen LogP contribution in [0.2, 0.25) is 0 Å². The van der Waals surface area contributed by atoms with Gasteiger partial charge in [0.2, 0.25) is 5.95 Å². The fourth-order valence-electron chi connectivity index (χ4n) is 3.24. The molecule has 0 saturated carbocycles. The lowest BCUT2D eigenvalue weighted by atomic mass is 9.93. The Morgan fingerprint density at radius 3 is 2.73 bits per heavy atom. The number of anilines is 1. The highest BCUT2D eigenvalue weighted by atomic mass is 19.1. The van der Waals surface area contributed by atoms with Crippen molar-refractivity contribution >= 4 is 11.9 Å². The third-order valence-corrected chi connectivity index (χ3v) is 4.52. The lowest BCUT2D eigenvalue weighted by Gasteiger charge is -2.37. The summed E-state index contributed by atoms with van der Waals surface area (Å²) in [5, 5.41) is 0. The molecule has 3 rings (SSSR count). The zero-order valence-corrected chi connectivity index (χ0v) is 15.0. The number of hydrogen-bond donors (Lipinski definition) is 1. The van der Waals surface area contributed by atoms with Crippen molar-refractivity contribution in [2.45, 2.75) is 38.2 Å². The molecule has 2 aromatic rings. The van der Waals surface area contributed by atoms with Crippen molar-refractivity contribution in [3.63, 3.8) is 0 Å². The van der Waals surface area contributed by atoms with Gasteiger partial charge in [0.25, 0.3) is 5.91 Å². The molecule has 2 heterocycles. The summed E-state index contributed by atoms with van der Waals surface area (Å²) < 4.78 is 18.9. The van der Waals surface area contributed by atoms with Crippen LogP contribution in [-0.2, 0) is 4.79 Å². The summed E-state index contributed by atoms with van der Waals surface area (Å²) in [4.78, 5) is 23.0. The van der Waals surface area contributed by atoms with Gasteiger partial charge in [0, 0.05) is 25.2 Å². The first-order valence-corrected chi connectivity index (χ1v) is 8.67. The quantitative estimate of drug-likeness (QED) is 0.909. The SMILES string of the molecule is CC(C)(Oc1ccc(F)cc1)C(=O)N1CCC[C@@H](c2ccnc(N)n2)C1. The summed E-state index contributed by atoms with van der Waals surface area (Å²) in [5.74, 6) is 0.380. The molecule has 138 valence electrons. The molecule has 0 bridgehead atoms. The fraction of sp³-hybridized carbons (Fsp3) is 0.421. The van der Waals surface area contributed by atoms with Gasteiger partial charge in [-0.05, 0) is 57.0 Å². The van der Waals surface area contributed by atoms with Gasteiger partial charge in [-0.3, -0.25) is 4.79 Å². The Balaban J connectivity index is 1.70. The number of likely N-dealkylation sites (tertiary alicyclic amines) is 1. The Labute approximate surface area is 152 Å². The molecule has 1 aromatic carbocycles. The normalized spacial score (nSPS) is 17.8. The van der Waals surface area contributed by atoms with E-state index in [1.165, 1.54) is 24.3 Å². The number of hydrogen-bond acceptors (Lipinski definition) is 5. The highest BCUT2D eigenvalue weighted by molar-refractivity contribution is 5.85. The number of amides is 1. The van der Waals surface area contributed by atoms with Crippen molar-refractivity contribution in [3.05, 3.63) is 48.0 Å². The molecule has 1 saturated heterocycles. The minimum absolute atomic E-state index is 0.103. The van der Waals surface area contributed by atoms with Crippen LogP contribution < -0.4 is 10.5 Å². The molecule has 0 spiro atoms. The zero-order chi connectivity index (χ0) is 18.7. The van der Waals surface area contributed by atoms with Gasteiger partial charge in [0.05, 0.1) is 5.69 Å². The van der Waals surface area contributed by atoms with Crippen LogP contribution in [0.3, 0.4) is 0 Å². The monoisotopic (exact) mass is 358 g/mol. The lowest BCUT2D eigenvalue weighted by molar-refractivity contribution is -0.146. The molecule has 0 radical (unpaired) electrons. The average molecular weight is 358 g/mol. The topological polar surface area (TPSA) is 81.3 Å². The summed E-state index contributed by atoms with van der Waals surface area (Å²) in [5.41, 5.74) is 5.48. The highest BCUT2D eigenvalue weighted by Gasteiger charge is 2.37. The molecular formula is C19H23FN4O2. The van der Waals surface area contributed by atoms with Gasteiger partial charge in [0.15, 0.2) is 5.60 Å². The predicted molar refractivity (Wildman–Crippen MR) is 96.1 cm³/mol. The minimum Gasteiger partial charge on any atom is -0.478 e. The van der Waals surface area contributed by atoms with Gasteiger partial charge < -0.3 is 15.4 Å². The summed E-state index contributed by atoms with van der Waals surface area (Å²) in [6.45, 7) is 4.69. The van der Waals surface area contributed by atoms with Gasteiger partial charge in [-0.2, -0.15) is 0 Å². The van der Waals surface area contributed by atoms with Crippen molar-refractivity contribution < 1.29 is 13.9 Å². The summed E-state index contributed by atoms with van der Waals surface area (Å²) in [6.07, 6.45) is 3.46. The van der Waals surface area contributed by atoms with Crippen molar-refractivity contribution in [1.29, 1.82) is 0 Å². The second-order valence-electron chi connectivity index (χ2n) is 7.00. The molecular weight excluding hydrogens is 335 g/mol. The zero-order valence-electron chi connectivity index (χ0n) is 15.0. The molecule has 1 fully saturated rings. The van der Waals surface area contributed by atoms with E-state index in [1.807, 2.05) is 6.07 Å². The van der Waals surface area contributed by atoms with Gasteiger partial charge >= 0.3 is 0 Å². The number of halogens is 1. The van der Waals surface area contributed by atoms with Crippen molar-refractivity contribution in [3.8, 4) is 5.75 Å². The second-order valence-corrected chi connectivity index (χ2v) is 7.00. The van der Waals surface area contributed by atoms with Gasteiger partial charge in [0.1, 0.15) is 11.6 Å². The maximum Gasteiger partial charge on any atom is 0.266 e. The van der Waals surface area contributed by atoms with E-state index < -0.39 is 5.60 Å². The fourth-order valence-corrected chi connectivity index (χ4v) is 3.24. The molecule has 1 aromatic heterocycles. The van der Waals surface area contributed by atoms with Crippen LogP contribution in [0.15, 0.2) is 36.5 Å². The Kier molecular flexibility index (Phi) is 5.06. The van der Waals surface area contributed by atoms with Crippen LogP contribution in [0, 0.1) is 5.82 Å². The Hall–Kier alpha value is -2.70. The number of aromatic nitrogens is 2. The van der Waals surface area contributed by atoms with Crippen LogP contribution in [-0.4, -0.2) is 39.5 Å². The number of carbonyl (C=O) groups is 1. The number of nitrogens with two attached hydrogens (primary N) is 1. The van der Waals surface area contributed by atoms with Crippen LogP contribution in [0.5, 0.6) is 5.75 Å². The van der Waals surface area contributed by atoms with E-state index in [9.17, 15) is 9.18 Å². The minimum atomic E-state index is -1.05. The van der Waals surface area contributed by atoms with Gasteiger partial charge in [-0.1, -0.05) is 0 Å². The largest absolute Gasteiger partial charge is 0.478 e. The van der Waals surface area contributed by atoms with Gasteiger partial charge in [-0.25, -0.2) is 14.4 Å². The van der Waals surface area contributed by atoms with E-state index in [4.69, 9.17) is 10.5 Å². The molecule has 0 aliphatic carbocycles. The summed E-state index contributed by atoms with van der Waals surface area (Å²) in [6, 6.07) is 7.51. The number of rotatable bonds is 4. The van der Waals surface area contributed by atoms with E-state index in [2.05, 4.69) is 9.97 Å².